The summed E-state index contributed by atoms with van der Waals surface area (Å²) in [5, 5.41) is 8.38. The van der Waals surface area contributed by atoms with E-state index in [1.54, 1.807) is 12.1 Å². The van der Waals surface area contributed by atoms with Gasteiger partial charge in [0.15, 0.2) is 5.96 Å². The van der Waals surface area contributed by atoms with Crippen LogP contribution in [0.2, 0.25) is 0 Å². The average molecular weight is 346 g/mol. The Balaban J connectivity index is 0.000000422. The Labute approximate surface area is 134 Å². The third-order valence-electron chi connectivity index (χ3n) is 2.60. The number of guanidine groups is 1. The molecule has 0 spiro atoms. The molecular formula is C13H22N4O5S. The van der Waals surface area contributed by atoms with Crippen LogP contribution in [0.5, 0.6) is 0 Å². The Morgan fingerprint density at radius 2 is 1.78 bits per heavy atom. The second-order valence-electron chi connectivity index (χ2n) is 4.68. The van der Waals surface area contributed by atoms with Crippen molar-refractivity contribution in [3.8, 4) is 0 Å². The summed E-state index contributed by atoms with van der Waals surface area (Å²) in [5.74, 6) is -0.987. The zero-order valence-corrected chi connectivity index (χ0v) is 13.5. The minimum atomic E-state index is -4.02. The summed E-state index contributed by atoms with van der Waals surface area (Å²) in [7, 11) is -4.02. The van der Waals surface area contributed by atoms with Gasteiger partial charge < -0.3 is 22.3 Å². The van der Waals surface area contributed by atoms with Gasteiger partial charge in [-0.1, -0.05) is 17.7 Å². The number of carboxylic acids is 1. The molecule has 1 rings (SSSR count). The van der Waals surface area contributed by atoms with E-state index in [1.165, 1.54) is 12.1 Å². The van der Waals surface area contributed by atoms with Crippen molar-refractivity contribution < 1.29 is 22.9 Å². The summed E-state index contributed by atoms with van der Waals surface area (Å²) in [5.41, 5.74) is 16.3. The molecule has 1 atom stereocenters. The van der Waals surface area contributed by atoms with Gasteiger partial charge in [-0.15, -0.1) is 0 Å². The van der Waals surface area contributed by atoms with Gasteiger partial charge >= 0.3 is 5.97 Å². The molecule has 0 saturated heterocycles. The van der Waals surface area contributed by atoms with Gasteiger partial charge in [0.05, 0.1) is 4.90 Å². The van der Waals surface area contributed by atoms with Crippen LogP contribution >= 0.6 is 0 Å². The number of aryl methyl sites for hydroxylation is 1. The SMILES string of the molecule is Cc1ccc(S(=O)(=O)O)cc1.NC(N)=NCCC[C@H](N)C(=O)O. The lowest BCUT2D eigenvalue weighted by Crippen LogP contribution is -2.30. The fraction of sp³-hybridized carbons (Fsp3) is 0.385. The third-order valence-corrected chi connectivity index (χ3v) is 3.47. The molecule has 1 aromatic rings. The molecule has 8 N–H and O–H groups in total. The molecule has 0 aliphatic rings. The highest BCUT2D eigenvalue weighted by Crippen LogP contribution is 2.08. The van der Waals surface area contributed by atoms with E-state index in [0.717, 1.165) is 5.56 Å². The van der Waals surface area contributed by atoms with Gasteiger partial charge in [0.25, 0.3) is 10.1 Å². The summed E-state index contributed by atoms with van der Waals surface area (Å²) in [6, 6.07) is 5.17. The lowest BCUT2D eigenvalue weighted by molar-refractivity contribution is -0.138. The minimum absolute atomic E-state index is 0.0129. The first-order valence-corrected chi connectivity index (χ1v) is 8.06. The Bertz CT molecular complexity index is 624. The number of aliphatic carboxylic acids is 1. The predicted octanol–water partition coefficient (Wildman–Crippen LogP) is -0.306. The number of carbonyl (C=O) groups is 1. The van der Waals surface area contributed by atoms with Crippen molar-refractivity contribution in [1.29, 1.82) is 0 Å². The minimum Gasteiger partial charge on any atom is -0.480 e. The summed E-state index contributed by atoms with van der Waals surface area (Å²) in [6.07, 6.45) is 0.956. The smallest absolute Gasteiger partial charge is 0.320 e. The number of rotatable bonds is 6. The van der Waals surface area contributed by atoms with E-state index in [-0.39, 0.29) is 10.9 Å². The van der Waals surface area contributed by atoms with Crippen LogP contribution in [0.15, 0.2) is 34.2 Å². The number of hydrogen-bond acceptors (Lipinski definition) is 5. The molecule has 0 bridgehead atoms. The number of carboxylic acid groups (broad SMARTS) is 1. The van der Waals surface area contributed by atoms with Gasteiger partial charge in [-0.05, 0) is 31.9 Å². The van der Waals surface area contributed by atoms with Crippen LogP contribution in [0.3, 0.4) is 0 Å². The number of nitrogens with zero attached hydrogens (tertiary/aromatic N) is 1. The second kappa shape index (κ2) is 9.77. The van der Waals surface area contributed by atoms with Crippen molar-refractivity contribution in [3.63, 3.8) is 0 Å². The molecule has 0 radical (unpaired) electrons. The zero-order chi connectivity index (χ0) is 18.0. The molecule has 0 saturated carbocycles. The molecule has 0 aliphatic heterocycles. The van der Waals surface area contributed by atoms with Crippen LogP contribution in [0, 0.1) is 6.92 Å². The van der Waals surface area contributed by atoms with Gasteiger partial charge in [0.2, 0.25) is 0 Å². The molecule has 0 aliphatic carbocycles. The Hall–Kier alpha value is -2.17. The van der Waals surface area contributed by atoms with Gasteiger partial charge in [-0.2, -0.15) is 8.42 Å². The molecule has 0 amide bonds. The summed E-state index contributed by atoms with van der Waals surface area (Å²) < 4.78 is 29.6. The Kier molecular flexibility index (Phi) is 8.85. The van der Waals surface area contributed by atoms with Gasteiger partial charge in [-0.3, -0.25) is 14.3 Å². The van der Waals surface area contributed by atoms with E-state index in [9.17, 15) is 13.2 Å². The van der Waals surface area contributed by atoms with Crippen molar-refractivity contribution >= 4 is 22.0 Å². The third kappa shape index (κ3) is 10.2. The number of nitrogens with two attached hydrogens (primary N) is 3. The first-order valence-electron chi connectivity index (χ1n) is 6.62. The summed E-state index contributed by atoms with van der Waals surface area (Å²) >= 11 is 0. The highest BCUT2D eigenvalue weighted by atomic mass is 32.2. The van der Waals surface area contributed by atoms with E-state index in [0.29, 0.717) is 19.4 Å². The highest BCUT2D eigenvalue weighted by molar-refractivity contribution is 7.85. The van der Waals surface area contributed by atoms with Gasteiger partial charge in [-0.25, -0.2) is 0 Å². The first kappa shape index (κ1) is 20.8. The molecule has 0 fully saturated rings. The maximum Gasteiger partial charge on any atom is 0.320 e. The first-order chi connectivity index (χ1) is 10.5. The van der Waals surface area contributed by atoms with E-state index in [2.05, 4.69) is 4.99 Å². The predicted molar refractivity (Wildman–Crippen MR) is 86.5 cm³/mol. The van der Waals surface area contributed by atoms with E-state index in [1.807, 2.05) is 6.92 Å². The topological polar surface area (TPSA) is 182 Å². The number of benzene rings is 1. The molecule has 9 nitrogen and oxygen atoms in total. The normalized spacial score (nSPS) is 11.8. The summed E-state index contributed by atoms with van der Waals surface area (Å²) in [4.78, 5) is 13.8. The molecule has 10 heteroatoms. The zero-order valence-electron chi connectivity index (χ0n) is 12.7. The second-order valence-corrected chi connectivity index (χ2v) is 6.10. The quantitative estimate of drug-likeness (QED) is 0.201. The van der Waals surface area contributed by atoms with Crippen molar-refractivity contribution in [1.82, 2.24) is 0 Å². The van der Waals surface area contributed by atoms with Crippen LogP contribution in [0.4, 0.5) is 0 Å². The van der Waals surface area contributed by atoms with E-state index >= 15 is 0 Å². The molecule has 0 aromatic heterocycles. The van der Waals surface area contributed by atoms with Crippen molar-refractivity contribution in [2.24, 2.45) is 22.2 Å². The molecule has 0 heterocycles. The number of hydrogen-bond donors (Lipinski definition) is 5. The van der Waals surface area contributed by atoms with Crippen molar-refractivity contribution in [3.05, 3.63) is 29.8 Å². The van der Waals surface area contributed by atoms with Crippen molar-refractivity contribution in [2.75, 3.05) is 6.54 Å². The van der Waals surface area contributed by atoms with Crippen LogP contribution in [-0.4, -0.2) is 42.6 Å². The Morgan fingerprint density at radius 3 is 2.17 bits per heavy atom. The fourth-order valence-electron chi connectivity index (χ4n) is 1.35. The molecule has 23 heavy (non-hydrogen) atoms. The lowest BCUT2D eigenvalue weighted by atomic mass is 10.2. The van der Waals surface area contributed by atoms with Crippen LogP contribution in [0.25, 0.3) is 0 Å². The van der Waals surface area contributed by atoms with Crippen LogP contribution in [0.1, 0.15) is 18.4 Å². The number of aliphatic imine (C=N–C) groups is 1. The monoisotopic (exact) mass is 346 g/mol. The highest BCUT2D eigenvalue weighted by Gasteiger charge is 2.09. The summed E-state index contributed by atoms with van der Waals surface area (Å²) in [6.45, 7) is 2.26. The molecular weight excluding hydrogens is 324 g/mol. The van der Waals surface area contributed by atoms with Gasteiger partial charge in [0.1, 0.15) is 6.04 Å². The van der Waals surface area contributed by atoms with E-state index < -0.39 is 22.1 Å². The lowest BCUT2D eigenvalue weighted by Gasteiger charge is -2.03. The van der Waals surface area contributed by atoms with E-state index in [4.69, 9.17) is 26.9 Å². The standard InChI is InChI=1S/C7H8O3S.C6H14N4O2/c1-6-2-4-7(5-3-6)11(8,9)10;7-4(5(11)12)2-1-3-10-6(8)9/h2-5H,1H3,(H,8,9,10);4H,1-3,7H2,(H,11,12)(H4,8,9,10)/t;4-/m.0/s1. The molecule has 0 unspecified atom stereocenters. The maximum absolute atomic E-state index is 10.5. The fourth-order valence-corrected chi connectivity index (χ4v) is 1.83. The molecule has 130 valence electrons. The largest absolute Gasteiger partial charge is 0.480 e. The van der Waals surface area contributed by atoms with Crippen LogP contribution < -0.4 is 17.2 Å². The maximum atomic E-state index is 10.5. The van der Waals surface area contributed by atoms with Crippen LogP contribution in [-0.2, 0) is 14.9 Å². The van der Waals surface area contributed by atoms with Gasteiger partial charge in [0, 0.05) is 6.54 Å². The Morgan fingerprint density at radius 1 is 1.26 bits per heavy atom. The molecule has 1 aromatic carbocycles. The van der Waals surface area contributed by atoms with Crippen molar-refractivity contribution in [2.45, 2.75) is 30.7 Å². The average Bonchev–Trinajstić information content (AvgIpc) is 2.43.